The van der Waals surface area contributed by atoms with Crippen LogP contribution in [0.25, 0.3) is 10.9 Å². The van der Waals surface area contributed by atoms with Crippen LogP contribution in [0.15, 0.2) is 23.1 Å². The Bertz CT molecular complexity index is 834. The highest BCUT2D eigenvalue weighted by Crippen LogP contribution is 2.36. The molecule has 0 radical (unpaired) electrons. The predicted molar refractivity (Wildman–Crippen MR) is 89.5 cm³/mol. The molecule has 2 heterocycles. The average Bonchev–Trinajstić information content (AvgIpc) is 2.49. The van der Waals surface area contributed by atoms with Crippen LogP contribution in [0.2, 0.25) is 5.02 Å². The van der Waals surface area contributed by atoms with E-state index in [9.17, 15) is 13.5 Å². The van der Waals surface area contributed by atoms with E-state index < -0.39 is 15.2 Å². The second kappa shape index (κ2) is 5.88. The number of hydrogen-bond acceptors (Lipinski definition) is 6. The Hall–Kier alpha value is -1.02. The molecule has 1 aromatic carbocycles. The Labute approximate surface area is 138 Å². The van der Waals surface area contributed by atoms with E-state index in [-0.39, 0.29) is 10.6 Å². The molecule has 22 heavy (non-hydrogen) atoms. The Kier molecular flexibility index (Phi) is 4.24. The number of nitrogens with zero attached hydrogens (tertiary/aromatic N) is 1. The van der Waals surface area contributed by atoms with Crippen molar-refractivity contribution in [1.29, 1.82) is 0 Å². The number of aromatic nitrogens is 1. The van der Waals surface area contributed by atoms with Gasteiger partial charge >= 0.3 is 0 Å². The van der Waals surface area contributed by atoms with Gasteiger partial charge in [-0.2, -0.15) is 11.8 Å². The molecule has 1 unspecified atom stereocenters. The highest BCUT2D eigenvalue weighted by atomic mass is 35.5. The minimum absolute atomic E-state index is 0.109. The summed E-state index contributed by atoms with van der Waals surface area (Å²) in [4.78, 5) is 4.20. The van der Waals surface area contributed by atoms with Gasteiger partial charge < -0.3 is 5.11 Å². The molecule has 1 atom stereocenters. The second-order valence-corrected chi connectivity index (χ2v) is 8.75. The van der Waals surface area contributed by atoms with Crippen molar-refractivity contribution in [2.45, 2.75) is 17.2 Å². The topological polar surface area (TPSA) is 79.3 Å². The maximum Gasteiger partial charge on any atom is 0.200 e. The zero-order valence-corrected chi connectivity index (χ0v) is 14.2. The van der Waals surface area contributed by atoms with Crippen molar-refractivity contribution in [2.24, 2.45) is 0 Å². The SMILES string of the molecule is Cc1nc2ccc(Cl)cc2c(O)c1S(=O)(=O)C1CSCCN1. The number of halogens is 1. The molecule has 1 aromatic heterocycles. The van der Waals surface area contributed by atoms with Gasteiger partial charge in [0.1, 0.15) is 16.0 Å². The molecule has 0 spiro atoms. The first-order chi connectivity index (χ1) is 10.4. The Morgan fingerprint density at radius 1 is 1.45 bits per heavy atom. The Morgan fingerprint density at radius 2 is 2.23 bits per heavy atom. The highest BCUT2D eigenvalue weighted by molar-refractivity contribution is 8.01. The molecule has 1 aliphatic rings. The van der Waals surface area contributed by atoms with E-state index >= 15 is 0 Å². The van der Waals surface area contributed by atoms with E-state index in [0.29, 0.717) is 33.9 Å². The Balaban J connectivity index is 2.21. The fourth-order valence-corrected chi connectivity index (χ4v) is 5.94. The third-order valence-corrected chi connectivity index (χ3v) is 7.24. The van der Waals surface area contributed by atoms with E-state index in [4.69, 9.17) is 11.6 Å². The van der Waals surface area contributed by atoms with Gasteiger partial charge in [-0.05, 0) is 25.1 Å². The summed E-state index contributed by atoms with van der Waals surface area (Å²) in [5.41, 5.74) is 0.814. The third kappa shape index (κ3) is 2.67. The molecule has 1 fully saturated rings. The van der Waals surface area contributed by atoms with Crippen LogP contribution in [0.5, 0.6) is 5.75 Å². The molecular formula is C14H15ClN2O3S2. The van der Waals surface area contributed by atoms with E-state index in [2.05, 4.69) is 10.3 Å². The molecule has 0 aliphatic carbocycles. The lowest BCUT2D eigenvalue weighted by Crippen LogP contribution is -2.43. The van der Waals surface area contributed by atoms with Gasteiger partial charge in [-0.1, -0.05) is 11.6 Å². The Morgan fingerprint density at radius 3 is 2.91 bits per heavy atom. The van der Waals surface area contributed by atoms with Gasteiger partial charge in [-0.25, -0.2) is 8.42 Å². The lowest BCUT2D eigenvalue weighted by Gasteiger charge is -2.24. The van der Waals surface area contributed by atoms with E-state index in [1.165, 1.54) is 6.07 Å². The minimum Gasteiger partial charge on any atom is -0.506 e. The van der Waals surface area contributed by atoms with Gasteiger partial charge in [0.15, 0.2) is 0 Å². The smallest absolute Gasteiger partial charge is 0.200 e. The first-order valence-electron chi connectivity index (χ1n) is 6.75. The summed E-state index contributed by atoms with van der Waals surface area (Å²) < 4.78 is 25.7. The lowest BCUT2D eigenvalue weighted by atomic mass is 10.2. The summed E-state index contributed by atoms with van der Waals surface area (Å²) in [6, 6.07) is 4.85. The van der Waals surface area contributed by atoms with Crippen LogP contribution >= 0.6 is 23.4 Å². The van der Waals surface area contributed by atoms with Gasteiger partial charge in [0, 0.05) is 28.5 Å². The molecule has 0 bridgehead atoms. The molecule has 2 aromatic rings. The summed E-state index contributed by atoms with van der Waals surface area (Å²) in [6.07, 6.45) is 0. The first-order valence-corrected chi connectivity index (χ1v) is 9.83. The maximum atomic E-state index is 12.8. The summed E-state index contributed by atoms with van der Waals surface area (Å²) in [5, 5.41) is 13.6. The van der Waals surface area contributed by atoms with Crippen LogP contribution in [-0.4, -0.2) is 41.9 Å². The quantitative estimate of drug-likeness (QED) is 0.857. The van der Waals surface area contributed by atoms with Gasteiger partial charge in [0.05, 0.1) is 11.2 Å². The van der Waals surface area contributed by atoms with Gasteiger partial charge in [0.25, 0.3) is 0 Å². The molecule has 1 saturated heterocycles. The van der Waals surface area contributed by atoms with Crippen molar-refractivity contribution in [3.8, 4) is 5.75 Å². The molecule has 0 saturated carbocycles. The number of aryl methyl sites for hydroxylation is 1. The number of rotatable bonds is 2. The number of benzene rings is 1. The fourth-order valence-electron chi connectivity index (χ4n) is 2.54. The van der Waals surface area contributed by atoms with Crippen molar-refractivity contribution in [2.75, 3.05) is 18.1 Å². The number of aromatic hydroxyl groups is 1. The molecular weight excluding hydrogens is 344 g/mol. The van der Waals surface area contributed by atoms with Crippen molar-refractivity contribution in [3.63, 3.8) is 0 Å². The van der Waals surface area contributed by atoms with Gasteiger partial charge in [-0.15, -0.1) is 0 Å². The number of fused-ring (bicyclic) bond motifs is 1. The van der Waals surface area contributed by atoms with Crippen LogP contribution in [-0.2, 0) is 9.84 Å². The standard InChI is InChI=1S/C14H15ClN2O3S2/c1-8-14(22(19,20)12-7-21-5-4-16-12)13(18)10-6-9(15)2-3-11(10)17-8/h2-3,6,12,16H,4-5,7H2,1H3,(H,17,18). The van der Waals surface area contributed by atoms with Crippen molar-refractivity contribution >= 4 is 44.1 Å². The van der Waals surface area contributed by atoms with Crippen LogP contribution in [0, 0.1) is 6.92 Å². The van der Waals surface area contributed by atoms with Gasteiger partial charge in [0.2, 0.25) is 9.84 Å². The zero-order valence-electron chi connectivity index (χ0n) is 11.8. The molecule has 2 N–H and O–H groups in total. The minimum atomic E-state index is -3.72. The predicted octanol–water partition coefficient (Wildman–Crippen LogP) is 2.34. The highest BCUT2D eigenvalue weighted by Gasteiger charge is 2.34. The van der Waals surface area contributed by atoms with E-state index in [1.54, 1.807) is 30.8 Å². The van der Waals surface area contributed by atoms with Crippen LogP contribution in [0.3, 0.4) is 0 Å². The number of pyridine rings is 1. The van der Waals surface area contributed by atoms with Crippen molar-refractivity contribution < 1.29 is 13.5 Å². The normalized spacial score (nSPS) is 19.5. The number of nitrogens with one attached hydrogen (secondary N) is 1. The largest absolute Gasteiger partial charge is 0.506 e. The molecule has 5 nitrogen and oxygen atoms in total. The molecule has 3 rings (SSSR count). The summed E-state index contributed by atoms with van der Waals surface area (Å²) in [5.74, 6) is 1.06. The molecule has 1 aliphatic heterocycles. The molecule has 8 heteroatoms. The van der Waals surface area contributed by atoms with E-state index in [1.807, 2.05) is 0 Å². The lowest BCUT2D eigenvalue weighted by molar-refractivity contribution is 0.461. The maximum absolute atomic E-state index is 12.8. The van der Waals surface area contributed by atoms with Crippen molar-refractivity contribution in [1.82, 2.24) is 10.3 Å². The molecule has 0 amide bonds. The summed E-state index contributed by atoms with van der Waals surface area (Å²) >= 11 is 7.52. The zero-order chi connectivity index (χ0) is 15.9. The van der Waals surface area contributed by atoms with Crippen LogP contribution in [0.1, 0.15) is 5.69 Å². The van der Waals surface area contributed by atoms with Crippen molar-refractivity contribution in [3.05, 3.63) is 28.9 Å². The van der Waals surface area contributed by atoms with Crippen LogP contribution in [0.4, 0.5) is 0 Å². The van der Waals surface area contributed by atoms with E-state index in [0.717, 1.165) is 5.75 Å². The monoisotopic (exact) mass is 358 g/mol. The molecule has 118 valence electrons. The third-order valence-electron chi connectivity index (χ3n) is 3.59. The summed E-state index contributed by atoms with van der Waals surface area (Å²) in [6.45, 7) is 2.22. The van der Waals surface area contributed by atoms with Crippen LogP contribution < -0.4 is 5.32 Å². The van der Waals surface area contributed by atoms with Gasteiger partial charge in [-0.3, -0.25) is 10.3 Å². The number of hydrogen-bond donors (Lipinski definition) is 2. The fraction of sp³-hybridized carbons (Fsp3) is 0.357. The number of sulfone groups is 1. The first kappa shape index (κ1) is 15.9. The summed E-state index contributed by atoms with van der Waals surface area (Å²) in [7, 11) is -3.72. The average molecular weight is 359 g/mol. The second-order valence-electron chi connectivity index (χ2n) is 5.10. The number of thioether (sulfide) groups is 1.